The zero-order chi connectivity index (χ0) is 9.84. The number of methoxy groups -OCH3 is 3. The molecule has 0 fully saturated rings. The molecular formula is C9H16N2O3. The molecule has 0 amide bonds. The van der Waals surface area contributed by atoms with E-state index in [9.17, 15) is 0 Å². The summed E-state index contributed by atoms with van der Waals surface area (Å²) in [4.78, 5) is 0. The lowest BCUT2D eigenvalue weighted by Gasteiger charge is -2.12. The van der Waals surface area contributed by atoms with Gasteiger partial charge in [0, 0.05) is 17.8 Å². The van der Waals surface area contributed by atoms with Gasteiger partial charge < -0.3 is 26.1 Å². The van der Waals surface area contributed by atoms with E-state index in [-0.39, 0.29) is 6.15 Å². The SMILES string of the molecule is COc1cc(N)cc(OC)c1OC.N. The molecule has 0 unspecified atom stereocenters. The minimum Gasteiger partial charge on any atom is -0.493 e. The topological polar surface area (TPSA) is 88.7 Å². The largest absolute Gasteiger partial charge is 0.493 e. The average Bonchev–Trinajstić information content (AvgIpc) is 2.16. The molecule has 0 aliphatic carbocycles. The quantitative estimate of drug-likeness (QED) is 0.721. The normalized spacial score (nSPS) is 8.79. The molecule has 14 heavy (non-hydrogen) atoms. The lowest BCUT2D eigenvalue weighted by atomic mass is 10.2. The Morgan fingerprint density at radius 3 is 1.64 bits per heavy atom. The summed E-state index contributed by atoms with van der Waals surface area (Å²) < 4.78 is 15.3. The van der Waals surface area contributed by atoms with Crippen LogP contribution in [0.15, 0.2) is 12.1 Å². The Balaban J connectivity index is 0.00000169. The molecule has 5 heteroatoms. The third-order valence-corrected chi connectivity index (χ3v) is 1.69. The van der Waals surface area contributed by atoms with Gasteiger partial charge >= 0.3 is 0 Å². The van der Waals surface area contributed by atoms with Crippen molar-refractivity contribution in [3.8, 4) is 17.2 Å². The Kier molecular flexibility index (Phi) is 4.58. The van der Waals surface area contributed by atoms with E-state index in [1.807, 2.05) is 0 Å². The van der Waals surface area contributed by atoms with E-state index >= 15 is 0 Å². The monoisotopic (exact) mass is 200 g/mol. The highest BCUT2D eigenvalue weighted by Gasteiger charge is 2.11. The van der Waals surface area contributed by atoms with Crippen LogP contribution >= 0.6 is 0 Å². The highest BCUT2D eigenvalue weighted by molar-refractivity contribution is 5.60. The maximum absolute atomic E-state index is 5.62. The van der Waals surface area contributed by atoms with Gasteiger partial charge in [-0.25, -0.2) is 0 Å². The van der Waals surface area contributed by atoms with Crippen molar-refractivity contribution in [2.75, 3.05) is 27.1 Å². The van der Waals surface area contributed by atoms with E-state index in [1.54, 1.807) is 33.5 Å². The minimum absolute atomic E-state index is 0. The van der Waals surface area contributed by atoms with E-state index in [0.29, 0.717) is 22.9 Å². The first-order valence-corrected chi connectivity index (χ1v) is 3.78. The van der Waals surface area contributed by atoms with Crippen LogP contribution in [-0.2, 0) is 0 Å². The molecule has 5 nitrogen and oxygen atoms in total. The van der Waals surface area contributed by atoms with Crippen molar-refractivity contribution < 1.29 is 14.2 Å². The summed E-state index contributed by atoms with van der Waals surface area (Å²) in [5, 5.41) is 0. The van der Waals surface area contributed by atoms with Crippen LogP contribution < -0.4 is 26.1 Å². The molecule has 0 heterocycles. The Hall–Kier alpha value is -1.62. The lowest BCUT2D eigenvalue weighted by Crippen LogP contribution is -1.96. The summed E-state index contributed by atoms with van der Waals surface area (Å²) in [6, 6.07) is 3.36. The molecular weight excluding hydrogens is 184 g/mol. The molecule has 0 aliphatic heterocycles. The van der Waals surface area contributed by atoms with Crippen LogP contribution in [0.5, 0.6) is 17.2 Å². The second-order valence-electron chi connectivity index (χ2n) is 2.46. The van der Waals surface area contributed by atoms with Crippen molar-refractivity contribution in [1.82, 2.24) is 6.15 Å². The molecule has 0 aliphatic rings. The van der Waals surface area contributed by atoms with Crippen molar-refractivity contribution in [3.63, 3.8) is 0 Å². The van der Waals surface area contributed by atoms with E-state index in [1.165, 1.54) is 0 Å². The van der Waals surface area contributed by atoms with Gasteiger partial charge in [0.25, 0.3) is 0 Å². The molecule has 0 saturated carbocycles. The Morgan fingerprint density at radius 1 is 0.929 bits per heavy atom. The number of ether oxygens (including phenoxy) is 3. The van der Waals surface area contributed by atoms with Gasteiger partial charge in [-0.15, -0.1) is 0 Å². The molecule has 0 spiro atoms. The van der Waals surface area contributed by atoms with Crippen LogP contribution in [0, 0.1) is 0 Å². The highest BCUT2D eigenvalue weighted by atomic mass is 16.5. The lowest BCUT2D eigenvalue weighted by molar-refractivity contribution is 0.325. The first-order chi connectivity index (χ1) is 6.22. The van der Waals surface area contributed by atoms with Gasteiger partial charge in [-0.3, -0.25) is 0 Å². The van der Waals surface area contributed by atoms with Gasteiger partial charge in [0.15, 0.2) is 11.5 Å². The second-order valence-corrected chi connectivity index (χ2v) is 2.46. The van der Waals surface area contributed by atoms with E-state index in [4.69, 9.17) is 19.9 Å². The van der Waals surface area contributed by atoms with E-state index < -0.39 is 0 Å². The summed E-state index contributed by atoms with van der Waals surface area (Å²) >= 11 is 0. The minimum atomic E-state index is 0. The average molecular weight is 200 g/mol. The summed E-state index contributed by atoms with van der Waals surface area (Å²) in [6.07, 6.45) is 0. The number of hydrogen-bond donors (Lipinski definition) is 2. The van der Waals surface area contributed by atoms with Gasteiger partial charge in [0.05, 0.1) is 21.3 Å². The summed E-state index contributed by atoms with van der Waals surface area (Å²) in [6.45, 7) is 0. The molecule has 0 radical (unpaired) electrons. The van der Waals surface area contributed by atoms with Gasteiger partial charge in [-0.2, -0.15) is 0 Å². The number of anilines is 1. The summed E-state index contributed by atoms with van der Waals surface area (Å²) in [5.74, 6) is 1.69. The van der Waals surface area contributed by atoms with E-state index in [2.05, 4.69) is 0 Å². The highest BCUT2D eigenvalue weighted by Crippen LogP contribution is 2.38. The molecule has 0 atom stereocenters. The number of rotatable bonds is 3. The van der Waals surface area contributed by atoms with Crippen molar-refractivity contribution in [3.05, 3.63) is 12.1 Å². The zero-order valence-corrected chi connectivity index (χ0v) is 8.66. The number of hydrogen-bond acceptors (Lipinski definition) is 5. The van der Waals surface area contributed by atoms with Crippen molar-refractivity contribution in [1.29, 1.82) is 0 Å². The van der Waals surface area contributed by atoms with Crippen LogP contribution in [0.1, 0.15) is 0 Å². The fraction of sp³-hybridized carbons (Fsp3) is 0.333. The fourth-order valence-corrected chi connectivity index (χ4v) is 1.10. The smallest absolute Gasteiger partial charge is 0.203 e. The van der Waals surface area contributed by atoms with Gasteiger partial charge in [0.1, 0.15) is 0 Å². The molecule has 5 N–H and O–H groups in total. The summed E-state index contributed by atoms with van der Waals surface area (Å²) in [7, 11) is 4.66. The van der Waals surface area contributed by atoms with Gasteiger partial charge in [-0.1, -0.05) is 0 Å². The van der Waals surface area contributed by atoms with E-state index in [0.717, 1.165) is 0 Å². The predicted octanol–water partition coefficient (Wildman–Crippen LogP) is 1.46. The number of benzene rings is 1. The molecule has 1 aromatic rings. The number of nitrogens with two attached hydrogens (primary N) is 1. The predicted molar refractivity (Wildman–Crippen MR) is 55.5 cm³/mol. The third-order valence-electron chi connectivity index (χ3n) is 1.69. The first-order valence-electron chi connectivity index (χ1n) is 3.78. The standard InChI is InChI=1S/C9H13NO3.H3N/c1-11-7-4-6(10)5-8(12-2)9(7)13-3;/h4-5H,10H2,1-3H3;1H3. The van der Waals surface area contributed by atoms with Gasteiger partial charge in [-0.05, 0) is 0 Å². The Bertz CT molecular complexity index is 277. The van der Waals surface area contributed by atoms with Crippen LogP contribution in [-0.4, -0.2) is 21.3 Å². The third kappa shape index (κ3) is 2.20. The molecule has 0 aromatic heterocycles. The van der Waals surface area contributed by atoms with Crippen molar-refractivity contribution in [2.45, 2.75) is 0 Å². The van der Waals surface area contributed by atoms with Crippen molar-refractivity contribution >= 4 is 5.69 Å². The van der Waals surface area contributed by atoms with Crippen LogP contribution in [0.25, 0.3) is 0 Å². The molecule has 1 aromatic carbocycles. The molecule has 80 valence electrons. The maximum atomic E-state index is 5.62. The van der Waals surface area contributed by atoms with Gasteiger partial charge in [0.2, 0.25) is 5.75 Å². The number of nitrogen functional groups attached to an aromatic ring is 1. The summed E-state index contributed by atoms with van der Waals surface area (Å²) in [5.41, 5.74) is 6.20. The van der Waals surface area contributed by atoms with Crippen LogP contribution in [0.3, 0.4) is 0 Å². The first kappa shape index (κ1) is 12.4. The van der Waals surface area contributed by atoms with Crippen LogP contribution in [0.4, 0.5) is 5.69 Å². The Morgan fingerprint density at radius 2 is 1.36 bits per heavy atom. The fourth-order valence-electron chi connectivity index (χ4n) is 1.10. The molecule has 1 rings (SSSR count). The Labute approximate surface area is 83.3 Å². The second kappa shape index (κ2) is 5.18. The molecule has 0 saturated heterocycles. The van der Waals surface area contributed by atoms with Crippen molar-refractivity contribution in [2.24, 2.45) is 0 Å². The molecule has 0 bridgehead atoms. The zero-order valence-electron chi connectivity index (χ0n) is 8.66. The van der Waals surface area contributed by atoms with Crippen LogP contribution in [0.2, 0.25) is 0 Å². The maximum Gasteiger partial charge on any atom is 0.203 e.